The molecule has 29 heavy (non-hydrogen) atoms. The van der Waals surface area contributed by atoms with Crippen molar-refractivity contribution >= 4 is 16.6 Å². The largest absolute Gasteiger partial charge is 0.497 e. The molecular weight excluding hydrogens is 362 g/mol. The maximum Gasteiger partial charge on any atom is 0.263 e. The Morgan fingerprint density at radius 2 is 1.59 bits per heavy atom. The lowest BCUT2D eigenvalue weighted by Crippen LogP contribution is -2.32. The van der Waals surface area contributed by atoms with Crippen LogP contribution >= 0.6 is 0 Å². The van der Waals surface area contributed by atoms with E-state index in [0.717, 1.165) is 28.3 Å². The molecule has 0 N–H and O–H groups in total. The average Bonchev–Trinajstić information content (AvgIpc) is 3.07. The van der Waals surface area contributed by atoms with Crippen molar-refractivity contribution in [2.45, 2.75) is 19.1 Å². The molecule has 0 aliphatic carbocycles. The molecule has 0 bridgehead atoms. The van der Waals surface area contributed by atoms with Gasteiger partial charge in [0.2, 0.25) is 0 Å². The molecule has 0 saturated carbocycles. The van der Waals surface area contributed by atoms with Crippen LogP contribution in [0.2, 0.25) is 0 Å². The number of benzene rings is 3. The van der Waals surface area contributed by atoms with E-state index < -0.39 is 0 Å². The summed E-state index contributed by atoms with van der Waals surface area (Å²) in [6.45, 7) is 2.10. The first-order valence-electron chi connectivity index (χ1n) is 9.67. The Morgan fingerprint density at radius 1 is 0.897 bits per heavy atom. The van der Waals surface area contributed by atoms with Gasteiger partial charge in [0.05, 0.1) is 24.1 Å². The second-order valence-electron chi connectivity index (χ2n) is 7.23. The van der Waals surface area contributed by atoms with Crippen molar-refractivity contribution in [2.75, 3.05) is 12.0 Å². The van der Waals surface area contributed by atoms with Gasteiger partial charge in [-0.3, -0.25) is 9.36 Å². The van der Waals surface area contributed by atoms with Crippen LogP contribution in [-0.2, 0) is 0 Å². The summed E-state index contributed by atoms with van der Waals surface area (Å²) in [5, 5.41) is 0.636. The molecule has 0 saturated heterocycles. The van der Waals surface area contributed by atoms with E-state index in [1.807, 2.05) is 71.3 Å². The molecule has 1 aliphatic rings. The Bertz CT molecular complexity index is 1230. The number of nitrogens with zero attached hydrogens (tertiary/aromatic N) is 3. The second-order valence-corrected chi connectivity index (χ2v) is 7.23. The summed E-state index contributed by atoms with van der Waals surface area (Å²) in [5.41, 5.74) is 2.78. The van der Waals surface area contributed by atoms with Gasteiger partial charge in [0, 0.05) is 5.69 Å². The number of ether oxygens (including phenoxy) is 1. The Balaban J connectivity index is 1.78. The molecule has 0 amide bonds. The first kappa shape index (κ1) is 17.5. The highest BCUT2D eigenvalue weighted by Crippen LogP contribution is 2.42. The third-order valence-corrected chi connectivity index (χ3v) is 5.60. The van der Waals surface area contributed by atoms with E-state index in [4.69, 9.17) is 9.72 Å². The van der Waals surface area contributed by atoms with Crippen LogP contribution in [0.4, 0.5) is 5.69 Å². The molecule has 1 aromatic heterocycles. The van der Waals surface area contributed by atoms with Gasteiger partial charge in [0.1, 0.15) is 17.7 Å². The van der Waals surface area contributed by atoms with Gasteiger partial charge in [-0.05, 0) is 48.9 Å². The zero-order valence-corrected chi connectivity index (χ0v) is 16.3. The van der Waals surface area contributed by atoms with Gasteiger partial charge in [-0.25, -0.2) is 4.98 Å². The highest BCUT2D eigenvalue weighted by molar-refractivity contribution is 5.78. The first-order valence-corrected chi connectivity index (χ1v) is 9.67. The van der Waals surface area contributed by atoms with E-state index >= 15 is 0 Å². The van der Waals surface area contributed by atoms with Gasteiger partial charge in [-0.2, -0.15) is 0 Å². The first-order chi connectivity index (χ1) is 14.2. The highest BCUT2D eigenvalue weighted by atomic mass is 16.5. The normalized spacial score (nSPS) is 18.1. The smallest absolute Gasteiger partial charge is 0.263 e. The predicted molar refractivity (Wildman–Crippen MR) is 114 cm³/mol. The molecule has 5 nitrogen and oxygen atoms in total. The molecule has 4 aromatic rings. The minimum atomic E-state index is -0.280. The Kier molecular flexibility index (Phi) is 4.09. The maximum atomic E-state index is 13.5. The summed E-state index contributed by atoms with van der Waals surface area (Å²) in [4.78, 5) is 20.7. The van der Waals surface area contributed by atoms with E-state index in [1.54, 1.807) is 7.11 Å². The standard InChI is InChI=1S/C24H21N3O2/c1-16-22-25-21-11-7-6-10-20(21)24(28)27(22)23(17-12-14-19(29-2)15-13-17)26(16)18-8-4-3-5-9-18/h3-16,23H,1-2H3. The lowest BCUT2D eigenvalue weighted by atomic mass is 10.1. The number of fused-ring (bicyclic) bond motifs is 2. The van der Waals surface area contributed by atoms with E-state index in [2.05, 4.69) is 24.0 Å². The molecule has 5 heteroatoms. The minimum Gasteiger partial charge on any atom is -0.497 e. The van der Waals surface area contributed by atoms with Crippen molar-refractivity contribution in [3.63, 3.8) is 0 Å². The Hall–Kier alpha value is -3.60. The van der Waals surface area contributed by atoms with Crippen LogP contribution in [0, 0.1) is 0 Å². The third kappa shape index (κ3) is 2.70. The van der Waals surface area contributed by atoms with Crippen LogP contribution in [0.3, 0.4) is 0 Å². The zero-order chi connectivity index (χ0) is 20.0. The average molecular weight is 383 g/mol. The number of methoxy groups -OCH3 is 1. The summed E-state index contributed by atoms with van der Waals surface area (Å²) in [6.07, 6.45) is -0.280. The number of anilines is 1. The Labute approximate surface area is 168 Å². The van der Waals surface area contributed by atoms with Crippen molar-refractivity contribution in [3.05, 3.63) is 101 Å². The summed E-state index contributed by atoms with van der Waals surface area (Å²) >= 11 is 0. The fraction of sp³-hybridized carbons (Fsp3) is 0.167. The lowest BCUT2D eigenvalue weighted by Gasteiger charge is -2.30. The number of hydrogen-bond donors (Lipinski definition) is 0. The van der Waals surface area contributed by atoms with E-state index in [9.17, 15) is 4.79 Å². The third-order valence-electron chi connectivity index (χ3n) is 5.60. The molecule has 2 heterocycles. The van der Waals surface area contributed by atoms with Crippen molar-refractivity contribution in [3.8, 4) is 5.75 Å². The van der Waals surface area contributed by atoms with Crippen LogP contribution in [0.15, 0.2) is 83.7 Å². The van der Waals surface area contributed by atoms with E-state index in [0.29, 0.717) is 5.39 Å². The van der Waals surface area contributed by atoms with Crippen LogP contribution in [0.5, 0.6) is 5.75 Å². The quantitative estimate of drug-likeness (QED) is 0.521. The molecule has 0 fully saturated rings. The van der Waals surface area contributed by atoms with Crippen molar-refractivity contribution < 1.29 is 4.74 Å². The molecule has 3 aromatic carbocycles. The summed E-state index contributed by atoms with van der Waals surface area (Å²) < 4.78 is 7.16. The number of para-hydroxylation sites is 2. The van der Waals surface area contributed by atoms with Crippen molar-refractivity contribution in [1.82, 2.24) is 9.55 Å². The van der Waals surface area contributed by atoms with Gasteiger partial charge in [0.15, 0.2) is 0 Å². The molecule has 2 atom stereocenters. The molecule has 0 spiro atoms. The summed E-state index contributed by atoms with van der Waals surface area (Å²) in [6, 6.07) is 25.6. The topological polar surface area (TPSA) is 47.4 Å². The highest BCUT2D eigenvalue weighted by Gasteiger charge is 2.39. The number of aromatic nitrogens is 2. The fourth-order valence-electron chi connectivity index (χ4n) is 4.21. The van der Waals surface area contributed by atoms with Crippen molar-refractivity contribution in [1.29, 1.82) is 0 Å². The molecule has 144 valence electrons. The van der Waals surface area contributed by atoms with Crippen LogP contribution in [0.25, 0.3) is 10.9 Å². The van der Waals surface area contributed by atoms with Gasteiger partial charge < -0.3 is 9.64 Å². The maximum absolute atomic E-state index is 13.5. The lowest BCUT2D eigenvalue weighted by molar-refractivity contribution is 0.414. The Morgan fingerprint density at radius 3 is 2.31 bits per heavy atom. The molecule has 2 unspecified atom stereocenters. The van der Waals surface area contributed by atoms with Gasteiger partial charge in [0.25, 0.3) is 5.56 Å². The zero-order valence-electron chi connectivity index (χ0n) is 16.3. The number of rotatable bonds is 3. The summed E-state index contributed by atoms with van der Waals surface area (Å²) in [5.74, 6) is 1.56. The van der Waals surface area contributed by atoms with Crippen LogP contribution in [-0.4, -0.2) is 16.7 Å². The van der Waals surface area contributed by atoms with Crippen LogP contribution < -0.4 is 15.2 Å². The predicted octanol–water partition coefficient (Wildman–Crippen LogP) is 4.53. The molecule has 5 rings (SSSR count). The molecule has 0 radical (unpaired) electrons. The molecule has 1 aliphatic heterocycles. The van der Waals surface area contributed by atoms with E-state index in [1.165, 1.54) is 0 Å². The second kappa shape index (κ2) is 6.78. The molecular formula is C24H21N3O2. The van der Waals surface area contributed by atoms with Gasteiger partial charge in [-0.15, -0.1) is 0 Å². The van der Waals surface area contributed by atoms with Gasteiger partial charge in [-0.1, -0.05) is 42.5 Å². The number of hydrogen-bond acceptors (Lipinski definition) is 4. The van der Waals surface area contributed by atoms with Crippen LogP contribution in [0.1, 0.15) is 30.5 Å². The fourth-order valence-corrected chi connectivity index (χ4v) is 4.21. The SMILES string of the molecule is COc1ccc(C2N(c3ccccc3)C(C)c3nc4ccccc4c(=O)n32)cc1. The minimum absolute atomic E-state index is 0.0169. The monoisotopic (exact) mass is 383 g/mol. The van der Waals surface area contributed by atoms with Gasteiger partial charge >= 0.3 is 0 Å². The summed E-state index contributed by atoms with van der Waals surface area (Å²) in [7, 11) is 1.65. The van der Waals surface area contributed by atoms with E-state index in [-0.39, 0.29) is 17.8 Å². The van der Waals surface area contributed by atoms with Crippen molar-refractivity contribution in [2.24, 2.45) is 0 Å².